The minimum Gasteiger partial charge on any atom is -0.332 e. The molecule has 1 saturated heterocycles. The highest BCUT2D eigenvalue weighted by Crippen LogP contribution is 2.27. The number of alkyl halides is 3. The van der Waals surface area contributed by atoms with Gasteiger partial charge in [-0.25, -0.2) is 19.8 Å². The average molecular weight is 460 g/mol. The van der Waals surface area contributed by atoms with Crippen molar-refractivity contribution in [3.63, 3.8) is 0 Å². The second-order valence-corrected chi connectivity index (χ2v) is 8.15. The molecule has 174 valence electrons. The lowest BCUT2D eigenvalue weighted by Crippen LogP contribution is -2.46. The molecule has 0 saturated carbocycles. The number of halogens is 3. The number of likely N-dealkylation sites (tertiary alicyclic amines) is 1. The Balaban J connectivity index is 1.52. The number of benzene rings is 1. The molecule has 1 N–H and O–H groups in total. The van der Waals surface area contributed by atoms with Crippen molar-refractivity contribution in [3.8, 4) is 0 Å². The maximum absolute atomic E-state index is 12.9. The summed E-state index contributed by atoms with van der Waals surface area (Å²) in [6.07, 6.45) is -1.33. The Morgan fingerprint density at radius 2 is 1.85 bits per heavy atom. The summed E-state index contributed by atoms with van der Waals surface area (Å²) in [6.45, 7) is 4.37. The number of carbonyl (C=O) groups excluding carboxylic acids is 2. The maximum Gasteiger partial charge on any atom is 0.451 e. The van der Waals surface area contributed by atoms with Crippen LogP contribution in [0.4, 0.5) is 18.0 Å². The first-order valence-corrected chi connectivity index (χ1v) is 10.6. The summed E-state index contributed by atoms with van der Waals surface area (Å²) >= 11 is 0. The van der Waals surface area contributed by atoms with Crippen LogP contribution in [-0.4, -0.2) is 56.7 Å². The topological polar surface area (TPSA) is 90.8 Å². The Morgan fingerprint density at radius 3 is 2.42 bits per heavy atom. The highest BCUT2D eigenvalue weighted by molar-refractivity contribution is 6.08. The van der Waals surface area contributed by atoms with Gasteiger partial charge >= 0.3 is 12.2 Å². The highest BCUT2D eigenvalue weighted by Gasteiger charge is 2.39. The molecule has 1 aromatic heterocycles. The van der Waals surface area contributed by atoms with Gasteiger partial charge in [0.2, 0.25) is 11.7 Å². The quantitative estimate of drug-likeness (QED) is 0.758. The van der Waals surface area contributed by atoms with Gasteiger partial charge in [0.15, 0.2) is 0 Å². The Bertz CT molecular complexity index is 1070. The number of hydrogen-bond donors (Lipinski definition) is 1. The number of urea groups is 1. The van der Waals surface area contributed by atoms with E-state index in [4.69, 9.17) is 0 Å². The fraction of sp³-hybridized carbons (Fsp3) is 0.409. The van der Waals surface area contributed by atoms with E-state index >= 15 is 0 Å². The normalized spacial score (nSPS) is 19.6. The van der Waals surface area contributed by atoms with Crippen molar-refractivity contribution >= 4 is 17.6 Å². The van der Waals surface area contributed by atoms with Crippen LogP contribution in [0.3, 0.4) is 0 Å². The van der Waals surface area contributed by atoms with Crippen LogP contribution in [0.15, 0.2) is 41.8 Å². The van der Waals surface area contributed by atoms with Gasteiger partial charge in [-0.2, -0.15) is 18.3 Å². The molecular weight excluding hydrogens is 437 g/mol. The number of hydrazone groups is 1. The molecule has 11 heteroatoms. The molecule has 2 atom stereocenters. The van der Waals surface area contributed by atoms with Crippen molar-refractivity contribution < 1.29 is 22.8 Å². The molecule has 0 bridgehead atoms. The molecule has 3 amide bonds. The molecule has 1 aromatic carbocycles. The molecule has 2 aromatic rings. The number of aryl methyl sites for hydroxylation is 1. The van der Waals surface area contributed by atoms with Crippen molar-refractivity contribution in [3.05, 3.63) is 59.2 Å². The monoisotopic (exact) mass is 460 g/mol. The third-order valence-corrected chi connectivity index (χ3v) is 5.72. The predicted octanol–water partition coefficient (Wildman–Crippen LogP) is 3.29. The molecule has 33 heavy (non-hydrogen) atoms. The minimum absolute atomic E-state index is 0.0253. The lowest BCUT2D eigenvalue weighted by Gasteiger charge is -2.25. The third kappa shape index (κ3) is 4.81. The highest BCUT2D eigenvalue weighted by atomic mass is 19.4. The van der Waals surface area contributed by atoms with E-state index in [1.807, 2.05) is 31.2 Å². The first-order valence-electron chi connectivity index (χ1n) is 10.6. The Kier molecular flexibility index (Phi) is 6.05. The lowest BCUT2D eigenvalue weighted by molar-refractivity contribution is -0.145. The second-order valence-electron chi connectivity index (χ2n) is 8.15. The number of rotatable bonds is 4. The molecule has 0 radical (unpaired) electrons. The van der Waals surface area contributed by atoms with E-state index in [0.29, 0.717) is 24.2 Å². The molecule has 2 aliphatic heterocycles. The first-order chi connectivity index (χ1) is 15.6. The van der Waals surface area contributed by atoms with E-state index in [1.165, 1.54) is 5.01 Å². The predicted molar refractivity (Wildman–Crippen MR) is 113 cm³/mol. The molecule has 3 heterocycles. The number of nitrogens with zero attached hydrogens (tertiary/aromatic N) is 5. The first kappa shape index (κ1) is 22.7. The fourth-order valence-corrected chi connectivity index (χ4v) is 3.89. The van der Waals surface area contributed by atoms with Crippen LogP contribution in [0, 0.1) is 6.92 Å². The van der Waals surface area contributed by atoms with Gasteiger partial charge in [-0.1, -0.05) is 29.8 Å². The van der Waals surface area contributed by atoms with Crippen LogP contribution in [0.25, 0.3) is 0 Å². The SMILES string of the molecule is Cc1ccc(C2=NN(C(=O)N[C@H](C)c3cnc(C(F)(F)F)nc3)CC2N2CCCC2=O)cc1. The molecule has 1 fully saturated rings. The molecular formula is C22H23F3N6O2. The van der Waals surface area contributed by atoms with Gasteiger partial charge in [0.25, 0.3) is 0 Å². The fourth-order valence-electron chi connectivity index (χ4n) is 3.89. The average Bonchev–Trinajstić information content (AvgIpc) is 3.40. The van der Waals surface area contributed by atoms with Crippen molar-refractivity contribution in [2.24, 2.45) is 5.10 Å². The summed E-state index contributed by atoms with van der Waals surface area (Å²) in [5.74, 6) is -1.22. The summed E-state index contributed by atoms with van der Waals surface area (Å²) in [7, 11) is 0. The van der Waals surface area contributed by atoms with E-state index in [0.717, 1.165) is 29.9 Å². The van der Waals surface area contributed by atoms with Gasteiger partial charge in [0.1, 0.15) is 0 Å². The number of aromatic nitrogens is 2. The van der Waals surface area contributed by atoms with E-state index in [-0.39, 0.29) is 18.5 Å². The van der Waals surface area contributed by atoms with E-state index < -0.39 is 24.1 Å². The minimum atomic E-state index is -4.64. The van der Waals surface area contributed by atoms with Gasteiger partial charge in [-0.3, -0.25) is 4.79 Å². The van der Waals surface area contributed by atoms with Gasteiger partial charge < -0.3 is 10.2 Å². The van der Waals surface area contributed by atoms with Gasteiger partial charge in [-0.15, -0.1) is 0 Å². The van der Waals surface area contributed by atoms with Crippen LogP contribution in [0.5, 0.6) is 0 Å². The number of amides is 3. The van der Waals surface area contributed by atoms with E-state index in [2.05, 4.69) is 20.4 Å². The smallest absolute Gasteiger partial charge is 0.332 e. The van der Waals surface area contributed by atoms with Crippen LogP contribution in [-0.2, 0) is 11.0 Å². The lowest BCUT2D eigenvalue weighted by atomic mass is 10.0. The summed E-state index contributed by atoms with van der Waals surface area (Å²) < 4.78 is 38.0. The third-order valence-electron chi connectivity index (χ3n) is 5.72. The number of nitrogens with one attached hydrogen (secondary N) is 1. The summed E-state index contributed by atoms with van der Waals surface area (Å²) in [5, 5.41) is 8.48. The Morgan fingerprint density at radius 1 is 1.18 bits per heavy atom. The van der Waals surface area contributed by atoms with Crippen molar-refractivity contribution in [1.29, 1.82) is 0 Å². The summed E-state index contributed by atoms with van der Waals surface area (Å²) in [6, 6.07) is 6.16. The molecule has 1 unspecified atom stereocenters. The zero-order valence-electron chi connectivity index (χ0n) is 18.1. The maximum atomic E-state index is 12.9. The van der Waals surface area contributed by atoms with Crippen LogP contribution in [0.1, 0.15) is 48.3 Å². The zero-order chi connectivity index (χ0) is 23.8. The van der Waals surface area contributed by atoms with Crippen molar-refractivity contribution in [2.45, 2.75) is 44.9 Å². The van der Waals surface area contributed by atoms with Crippen molar-refractivity contribution in [1.82, 2.24) is 25.2 Å². The van der Waals surface area contributed by atoms with Crippen LogP contribution >= 0.6 is 0 Å². The van der Waals surface area contributed by atoms with Crippen molar-refractivity contribution in [2.75, 3.05) is 13.1 Å². The number of carbonyl (C=O) groups is 2. The van der Waals surface area contributed by atoms with E-state index in [9.17, 15) is 22.8 Å². The Labute approximate surface area is 188 Å². The largest absolute Gasteiger partial charge is 0.451 e. The van der Waals surface area contributed by atoms with Crippen LogP contribution < -0.4 is 5.32 Å². The van der Waals surface area contributed by atoms with Gasteiger partial charge in [0, 0.05) is 30.9 Å². The summed E-state index contributed by atoms with van der Waals surface area (Å²) in [5.41, 5.74) is 2.86. The summed E-state index contributed by atoms with van der Waals surface area (Å²) in [4.78, 5) is 33.7. The standard InChI is InChI=1S/C22H23F3N6O2/c1-13-5-7-15(8-6-13)19-17(30-9-3-4-18(30)32)12-31(29-19)21(33)28-14(2)16-10-26-20(27-11-16)22(23,24)25/h5-8,10-11,14,17H,3-4,9,12H2,1-2H3,(H,28,33)/t14-,17?/m1/s1. The molecule has 0 aliphatic carbocycles. The van der Waals surface area contributed by atoms with E-state index in [1.54, 1.807) is 11.8 Å². The van der Waals surface area contributed by atoms with Crippen LogP contribution in [0.2, 0.25) is 0 Å². The molecule has 8 nitrogen and oxygen atoms in total. The molecule has 4 rings (SSSR count). The second kappa shape index (κ2) is 8.80. The van der Waals surface area contributed by atoms with Gasteiger partial charge in [-0.05, 0) is 25.8 Å². The zero-order valence-corrected chi connectivity index (χ0v) is 18.1. The Hall–Kier alpha value is -3.50. The van der Waals surface area contributed by atoms with Gasteiger partial charge in [0.05, 0.1) is 24.3 Å². The molecule has 2 aliphatic rings. The molecule has 0 spiro atoms. The number of hydrogen-bond acceptors (Lipinski definition) is 5.